The summed E-state index contributed by atoms with van der Waals surface area (Å²) in [5, 5.41) is 3.32. The van der Waals surface area contributed by atoms with Gasteiger partial charge < -0.3 is 16.0 Å². The number of piperidine rings is 1. The normalized spacial score (nSPS) is 21.8. The number of rotatable bonds is 6. The van der Waals surface area contributed by atoms with Crippen molar-refractivity contribution in [1.82, 2.24) is 10.2 Å². The third kappa shape index (κ3) is 4.77. The number of nitrogens with one attached hydrogen (secondary N) is 1. The summed E-state index contributed by atoms with van der Waals surface area (Å²) in [6, 6.07) is 0.255. The van der Waals surface area contributed by atoms with Gasteiger partial charge in [-0.25, -0.2) is 0 Å². The van der Waals surface area contributed by atoms with Crippen LogP contribution in [0.1, 0.15) is 47.5 Å². The van der Waals surface area contributed by atoms with E-state index in [4.69, 9.17) is 5.73 Å². The van der Waals surface area contributed by atoms with Gasteiger partial charge in [-0.2, -0.15) is 0 Å². The molecular formula is C15H31N3O. The molecule has 4 nitrogen and oxygen atoms in total. The van der Waals surface area contributed by atoms with Crippen molar-refractivity contribution in [1.29, 1.82) is 0 Å². The highest BCUT2D eigenvalue weighted by Crippen LogP contribution is 2.25. The third-order valence-electron chi connectivity index (χ3n) is 4.27. The first-order valence-corrected chi connectivity index (χ1v) is 7.54. The average Bonchev–Trinajstić information content (AvgIpc) is 2.28. The van der Waals surface area contributed by atoms with Crippen LogP contribution in [-0.2, 0) is 4.79 Å². The number of amides is 1. The number of carbonyl (C=O) groups excluding carboxylic acids is 1. The Morgan fingerprint density at radius 1 is 1.32 bits per heavy atom. The molecule has 1 aliphatic rings. The Hall–Kier alpha value is -0.610. The van der Waals surface area contributed by atoms with E-state index in [1.807, 2.05) is 20.8 Å². The summed E-state index contributed by atoms with van der Waals surface area (Å²) >= 11 is 0. The van der Waals surface area contributed by atoms with Crippen molar-refractivity contribution in [3.05, 3.63) is 0 Å². The summed E-state index contributed by atoms with van der Waals surface area (Å²) in [7, 11) is 0. The van der Waals surface area contributed by atoms with Gasteiger partial charge in [-0.3, -0.25) is 4.79 Å². The zero-order chi connectivity index (χ0) is 14.6. The number of primary amides is 1. The zero-order valence-electron chi connectivity index (χ0n) is 13.2. The van der Waals surface area contributed by atoms with E-state index in [-0.39, 0.29) is 11.9 Å². The fourth-order valence-electron chi connectivity index (χ4n) is 3.06. The zero-order valence-corrected chi connectivity index (χ0v) is 13.2. The molecular weight excluding hydrogens is 238 g/mol. The fourth-order valence-corrected chi connectivity index (χ4v) is 3.06. The standard InChI is InChI=1S/C15H31N3O/c1-11(2)13-6-8-18(9-7-13)10-15(5,14(16)19)17-12(3)4/h11-13,17H,6-10H2,1-5H3,(H2,16,19). The molecule has 4 heteroatoms. The number of likely N-dealkylation sites (tertiary alicyclic amines) is 1. The average molecular weight is 269 g/mol. The van der Waals surface area contributed by atoms with E-state index in [1.54, 1.807) is 0 Å². The molecule has 1 unspecified atom stereocenters. The Morgan fingerprint density at radius 3 is 2.21 bits per heavy atom. The van der Waals surface area contributed by atoms with Crippen molar-refractivity contribution in [2.75, 3.05) is 19.6 Å². The highest BCUT2D eigenvalue weighted by Gasteiger charge is 2.35. The maximum Gasteiger partial charge on any atom is 0.238 e. The highest BCUT2D eigenvalue weighted by molar-refractivity contribution is 5.84. The molecule has 1 heterocycles. The van der Waals surface area contributed by atoms with E-state index < -0.39 is 5.54 Å². The number of carbonyl (C=O) groups is 1. The SMILES string of the molecule is CC(C)NC(C)(CN1CCC(C(C)C)CC1)C(N)=O. The summed E-state index contributed by atoms with van der Waals surface area (Å²) in [6.07, 6.45) is 2.46. The minimum Gasteiger partial charge on any atom is -0.368 e. The van der Waals surface area contributed by atoms with E-state index in [2.05, 4.69) is 24.1 Å². The second-order valence-corrected chi connectivity index (χ2v) is 6.85. The molecule has 0 bridgehead atoms. The maximum absolute atomic E-state index is 11.7. The van der Waals surface area contributed by atoms with Crippen LogP contribution in [0.3, 0.4) is 0 Å². The van der Waals surface area contributed by atoms with Gasteiger partial charge in [0, 0.05) is 12.6 Å². The van der Waals surface area contributed by atoms with Gasteiger partial charge in [-0.15, -0.1) is 0 Å². The molecule has 3 N–H and O–H groups in total. The lowest BCUT2D eigenvalue weighted by molar-refractivity contribution is -0.125. The molecule has 1 rings (SSSR count). The van der Waals surface area contributed by atoms with Crippen LogP contribution >= 0.6 is 0 Å². The van der Waals surface area contributed by atoms with Gasteiger partial charge in [0.05, 0.1) is 0 Å². The van der Waals surface area contributed by atoms with Crippen molar-refractivity contribution in [3.63, 3.8) is 0 Å². The summed E-state index contributed by atoms with van der Waals surface area (Å²) in [4.78, 5) is 14.1. The maximum atomic E-state index is 11.7. The molecule has 19 heavy (non-hydrogen) atoms. The first kappa shape index (κ1) is 16.4. The lowest BCUT2D eigenvalue weighted by atomic mass is 9.86. The lowest BCUT2D eigenvalue weighted by Gasteiger charge is -2.39. The minimum absolute atomic E-state index is 0.255. The lowest BCUT2D eigenvalue weighted by Crippen LogP contribution is -2.62. The quantitative estimate of drug-likeness (QED) is 0.770. The van der Waals surface area contributed by atoms with Crippen molar-refractivity contribution >= 4 is 5.91 Å². The van der Waals surface area contributed by atoms with Gasteiger partial charge in [0.1, 0.15) is 5.54 Å². The van der Waals surface area contributed by atoms with E-state index in [0.29, 0.717) is 6.54 Å². The molecule has 0 saturated carbocycles. The van der Waals surface area contributed by atoms with Crippen LogP contribution in [0.5, 0.6) is 0 Å². The van der Waals surface area contributed by atoms with Crippen molar-refractivity contribution in [2.45, 2.75) is 59.0 Å². The molecule has 0 aromatic rings. The van der Waals surface area contributed by atoms with Crippen LogP contribution in [0.2, 0.25) is 0 Å². The second-order valence-electron chi connectivity index (χ2n) is 6.85. The molecule has 1 amide bonds. The Labute approximate surface area is 118 Å². The summed E-state index contributed by atoms with van der Waals surface area (Å²) in [5.41, 5.74) is 4.96. The van der Waals surface area contributed by atoms with Gasteiger partial charge in [-0.05, 0) is 58.5 Å². The van der Waals surface area contributed by atoms with Gasteiger partial charge in [0.25, 0.3) is 0 Å². The van der Waals surface area contributed by atoms with Crippen molar-refractivity contribution in [2.24, 2.45) is 17.6 Å². The van der Waals surface area contributed by atoms with Gasteiger partial charge >= 0.3 is 0 Å². The van der Waals surface area contributed by atoms with Crippen LogP contribution in [0.25, 0.3) is 0 Å². The number of hydrogen-bond donors (Lipinski definition) is 2. The Morgan fingerprint density at radius 2 is 1.84 bits per heavy atom. The molecule has 0 aromatic heterocycles. The van der Waals surface area contributed by atoms with Crippen LogP contribution in [-0.4, -0.2) is 42.0 Å². The number of hydrogen-bond acceptors (Lipinski definition) is 3. The van der Waals surface area contributed by atoms with E-state index in [1.165, 1.54) is 12.8 Å². The van der Waals surface area contributed by atoms with Gasteiger partial charge in [0.15, 0.2) is 0 Å². The fraction of sp³-hybridized carbons (Fsp3) is 0.933. The molecule has 0 aromatic carbocycles. The van der Waals surface area contributed by atoms with Crippen molar-refractivity contribution in [3.8, 4) is 0 Å². The molecule has 1 fully saturated rings. The molecule has 1 atom stereocenters. The van der Waals surface area contributed by atoms with Crippen LogP contribution < -0.4 is 11.1 Å². The first-order valence-electron chi connectivity index (χ1n) is 7.54. The Kier molecular flexibility index (Phi) is 5.81. The highest BCUT2D eigenvalue weighted by atomic mass is 16.1. The monoisotopic (exact) mass is 269 g/mol. The van der Waals surface area contributed by atoms with Gasteiger partial charge in [-0.1, -0.05) is 13.8 Å². The first-order chi connectivity index (χ1) is 8.74. The van der Waals surface area contributed by atoms with E-state index >= 15 is 0 Å². The number of nitrogens with two attached hydrogens (primary N) is 1. The molecule has 1 aliphatic heterocycles. The summed E-state index contributed by atoms with van der Waals surface area (Å²) in [6.45, 7) is 13.5. The predicted molar refractivity (Wildman–Crippen MR) is 79.9 cm³/mol. The van der Waals surface area contributed by atoms with Crippen LogP contribution in [0, 0.1) is 11.8 Å². The van der Waals surface area contributed by atoms with Crippen LogP contribution in [0.15, 0.2) is 0 Å². The van der Waals surface area contributed by atoms with E-state index in [9.17, 15) is 4.79 Å². The molecule has 1 saturated heterocycles. The van der Waals surface area contributed by atoms with Crippen molar-refractivity contribution < 1.29 is 4.79 Å². The summed E-state index contributed by atoms with van der Waals surface area (Å²) < 4.78 is 0. The van der Waals surface area contributed by atoms with Gasteiger partial charge in [0.2, 0.25) is 5.91 Å². The second kappa shape index (κ2) is 6.71. The summed E-state index contributed by atoms with van der Waals surface area (Å²) in [5.74, 6) is 1.33. The molecule has 112 valence electrons. The topological polar surface area (TPSA) is 58.4 Å². The largest absolute Gasteiger partial charge is 0.368 e. The Balaban J connectivity index is 2.55. The van der Waals surface area contributed by atoms with E-state index in [0.717, 1.165) is 24.9 Å². The third-order valence-corrected chi connectivity index (χ3v) is 4.27. The predicted octanol–water partition coefficient (Wildman–Crippen LogP) is 1.60. The molecule has 0 aliphatic carbocycles. The smallest absolute Gasteiger partial charge is 0.238 e. The molecule has 0 spiro atoms. The number of nitrogens with zero attached hydrogens (tertiary/aromatic N) is 1. The van der Waals surface area contributed by atoms with Crippen LogP contribution in [0.4, 0.5) is 0 Å². The minimum atomic E-state index is -0.626. The Bertz CT molecular complexity index is 296. The molecule has 0 radical (unpaired) electrons.